The van der Waals surface area contributed by atoms with E-state index in [4.69, 9.17) is 15.2 Å². The van der Waals surface area contributed by atoms with E-state index in [1.54, 1.807) is 6.92 Å². The number of primary amides is 1. The molecule has 1 aliphatic heterocycles. The molecule has 1 heterocycles. The molecule has 1 rings (SSSR count). The van der Waals surface area contributed by atoms with Crippen LogP contribution in [-0.4, -0.2) is 46.7 Å². The van der Waals surface area contributed by atoms with Gasteiger partial charge in [-0.1, -0.05) is 63.5 Å². The molecule has 1 amide bonds. The van der Waals surface area contributed by atoms with E-state index in [9.17, 15) is 19.8 Å². The summed E-state index contributed by atoms with van der Waals surface area (Å²) >= 11 is 0. The van der Waals surface area contributed by atoms with E-state index in [1.165, 1.54) is 19.3 Å². The number of rotatable bonds is 7. The molecule has 0 bridgehead atoms. The van der Waals surface area contributed by atoms with Crippen LogP contribution in [0.15, 0.2) is 36.0 Å². The summed E-state index contributed by atoms with van der Waals surface area (Å²) in [5, 5.41) is 21.4. The van der Waals surface area contributed by atoms with Crippen LogP contribution in [0.2, 0.25) is 0 Å². The first kappa shape index (κ1) is 33.9. The van der Waals surface area contributed by atoms with E-state index in [0.717, 1.165) is 18.4 Å². The van der Waals surface area contributed by atoms with Crippen LogP contribution in [0.1, 0.15) is 105 Å². The van der Waals surface area contributed by atoms with Crippen molar-refractivity contribution in [2.45, 2.75) is 130 Å². The molecule has 1 aliphatic rings. The summed E-state index contributed by atoms with van der Waals surface area (Å²) in [7, 11) is 0. The van der Waals surface area contributed by atoms with E-state index in [2.05, 4.69) is 32.1 Å². The summed E-state index contributed by atoms with van der Waals surface area (Å²) in [6, 6.07) is 0. The highest BCUT2D eigenvalue weighted by atomic mass is 16.6. The van der Waals surface area contributed by atoms with Crippen molar-refractivity contribution in [1.82, 2.24) is 0 Å². The van der Waals surface area contributed by atoms with E-state index >= 15 is 0 Å². The van der Waals surface area contributed by atoms with Crippen LogP contribution in [0.25, 0.3) is 0 Å². The minimum absolute atomic E-state index is 0.0426. The van der Waals surface area contributed by atoms with E-state index < -0.39 is 36.3 Å². The van der Waals surface area contributed by atoms with Crippen molar-refractivity contribution in [3.8, 4) is 0 Å². The Morgan fingerprint density at radius 1 is 1.08 bits per heavy atom. The highest BCUT2D eigenvalue weighted by Crippen LogP contribution is 2.24. The second-order valence-electron chi connectivity index (χ2n) is 11.2. The Morgan fingerprint density at radius 3 is 2.50 bits per heavy atom. The summed E-state index contributed by atoms with van der Waals surface area (Å²) in [5.74, 6) is -0.770. The van der Waals surface area contributed by atoms with Crippen molar-refractivity contribution >= 4 is 12.1 Å². The van der Waals surface area contributed by atoms with Crippen LogP contribution in [0.3, 0.4) is 0 Å². The van der Waals surface area contributed by atoms with Crippen molar-refractivity contribution in [3.05, 3.63) is 36.0 Å². The van der Waals surface area contributed by atoms with Gasteiger partial charge < -0.3 is 25.4 Å². The number of carbonyl (C=O) groups is 2. The van der Waals surface area contributed by atoms with Gasteiger partial charge in [0.1, 0.15) is 12.2 Å². The summed E-state index contributed by atoms with van der Waals surface area (Å²) < 4.78 is 11.1. The molecule has 4 N–H and O–H groups in total. The molecule has 0 spiro atoms. The molecule has 0 aromatic carbocycles. The first-order valence-electron chi connectivity index (χ1n) is 14.6. The maximum absolute atomic E-state index is 13.0. The number of nitrogens with two attached hydrogens (primary N) is 1. The third-order valence-electron chi connectivity index (χ3n) is 7.27. The Hall–Kier alpha value is -2.12. The number of aliphatic hydroxyl groups excluding tert-OH is 2. The van der Waals surface area contributed by atoms with Gasteiger partial charge in [-0.2, -0.15) is 0 Å². The maximum atomic E-state index is 13.0. The summed E-state index contributed by atoms with van der Waals surface area (Å²) in [6.07, 6.45) is 15.4. The third kappa shape index (κ3) is 14.7. The smallest absolute Gasteiger partial charge is 0.404 e. The van der Waals surface area contributed by atoms with Crippen molar-refractivity contribution in [2.75, 3.05) is 0 Å². The molecule has 0 saturated heterocycles. The SMILES string of the molecule is CCCCC/C=C/C(C)=C/C1C[C@@H](C)C/C=C/CC[C@H](O)C(OC(N)=O)CC[C@H](C)C[C@@H](O)[C@H](C)C(=O)O1. The number of unbranched alkanes of at least 4 members (excludes halogenated alkanes) is 3. The van der Waals surface area contributed by atoms with Gasteiger partial charge in [0.25, 0.3) is 0 Å². The molecule has 218 valence electrons. The number of allylic oxidation sites excluding steroid dienone is 5. The number of aliphatic hydroxyl groups is 2. The molecule has 38 heavy (non-hydrogen) atoms. The minimum Gasteiger partial charge on any atom is -0.458 e. The zero-order valence-corrected chi connectivity index (χ0v) is 24.3. The molecule has 0 radical (unpaired) electrons. The number of hydrogen-bond acceptors (Lipinski definition) is 6. The van der Waals surface area contributed by atoms with Gasteiger partial charge in [0.15, 0.2) is 0 Å². The lowest BCUT2D eigenvalue weighted by atomic mass is 9.90. The largest absolute Gasteiger partial charge is 0.458 e. The van der Waals surface area contributed by atoms with Gasteiger partial charge in [-0.25, -0.2) is 4.79 Å². The van der Waals surface area contributed by atoms with Crippen LogP contribution in [0.5, 0.6) is 0 Å². The molecule has 0 aromatic rings. The topological polar surface area (TPSA) is 119 Å². The zero-order chi connectivity index (χ0) is 28.5. The second-order valence-corrected chi connectivity index (χ2v) is 11.2. The Balaban J connectivity index is 3.02. The lowest BCUT2D eigenvalue weighted by molar-refractivity contribution is -0.156. The monoisotopic (exact) mass is 535 g/mol. The Kier molecular flexibility index (Phi) is 17.0. The van der Waals surface area contributed by atoms with Crippen molar-refractivity contribution in [3.63, 3.8) is 0 Å². The predicted molar refractivity (Wildman–Crippen MR) is 152 cm³/mol. The van der Waals surface area contributed by atoms with Gasteiger partial charge in [-0.15, -0.1) is 0 Å². The fourth-order valence-corrected chi connectivity index (χ4v) is 4.75. The molecule has 0 fully saturated rings. The first-order chi connectivity index (χ1) is 18.0. The van der Waals surface area contributed by atoms with Crippen LogP contribution in [0, 0.1) is 17.8 Å². The zero-order valence-electron chi connectivity index (χ0n) is 24.3. The van der Waals surface area contributed by atoms with Crippen molar-refractivity contribution in [1.29, 1.82) is 0 Å². The molecule has 0 aliphatic carbocycles. The highest BCUT2D eigenvalue weighted by molar-refractivity contribution is 5.73. The Labute approximate surface area is 230 Å². The quantitative estimate of drug-likeness (QED) is 0.151. The van der Waals surface area contributed by atoms with Gasteiger partial charge in [0.2, 0.25) is 0 Å². The van der Waals surface area contributed by atoms with Crippen LogP contribution < -0.4 is 5.73 Å². The minimum atomic E-state index is -0.907. The lowest BCUT2D eigenvalue weighted by Crippen LogP contribution is -2.34. The number of hydrogen-bond donors (Lipinski definition) is 3. The van der Waals surface area contributed by atoms with Gasteiger partial charge >= 0.3 is 12.1 Å². The predicted octanol–water partition coefficient (Wildman–Crippen LogP) is 6.38. The number of ether oxygens (including phenoxy) is 2. The molecule has 0 saturated carbocycles. The lowest BCUT2D eigenvalue weighted by Gasteiger charge is -2.26. The van der Waals surface area contributed by atoms with Gasteiger partial charge in [0, 0.05) is 0 Å². The molecular weight excluding hydrogens is 482 g/mol. The summed E-state index contributed by atoms with van der Waals surface area (Å²) in [4.78, 5) is 24.4. The average molecular weight is 536 g/mol. The van der Waals surface area contributed by atoms with E-state index in [0.29, 0.717) is 38.5 Å². The van der Waals surface area contributed by atoms with Crippen LogP contribution in [-0.2, 0) is 14.3 Å². The number of cyclic esters (lactones) is 1. The molecule has 7 nitrogen and oxygen atoms in total. The van der Waals surface area contributed by atoms with Gasteiger partial charge in [-0.3, -0.25) is 4.79 Å². The molecular formula is C31H53NO6. The summed E-state index contributed by atoms with van der Waals surface area (Å²) in [6.45, 7) is 10.0. The fraction of sp³-hybridized carbons (Fsp3) is 0.742. The first-order valence-corrected chi connectivity index (χ1v) is 14.6. The standard InChI is InChI=1S/C31H53NO6/c1-6-7-8-9-11-14-22(2)19-26-20-23(3)15-12-10-13-16-27(33)29(38-31(32)36)18-17-24(4)21-28(34)25(5)30(35)37-26/h10-12,14,19,23-29,33-34H,6-9,13,15-18,20-21H2,1-5H3,(H2,32,36)/b12-10+,14-11+,22-19+/t23-,24-,25-,26?,27-,28+,29?/m0/s1. The number of esters is 1. The number of amides is 1. The molecule has 7 atom stereocenters. The van der Waals surface area contributed by atoms with Crippen molar-refractivity contribution < 1.29 is 29.3 Å². The Bertz CT molecular complexity index is 776. The molecule has 7 heteroatoms. The summed E-state index contributed by atoms with van der Waals surface area (Å²) in [5.41, 5.74) is 6.28. The third-order valence-corrected chi connectivity index (χ3v) is 7.27. The van der Waals surface area contributed by atoms with Crippen LogP contribution in [0.4, 0.5) is 4.79 Å². The van der Waals surface area contributed by atoms with E-state index in [-0.39, 0.29) is 17.9 Å². The normalized spacial score (nSPS) is 32.2. The van der Waals surface area contributed by atoms with Crippen LogP contribution >= 0.6 is 0 Å². The maximum Gasteiger partial charge on any atom is 0.404 e. The highest BCUT2D eigenvalue weighted by Gasteiger charge is 2.29. The average Bonchev–Trinajstić information content (AvgIpc) is 2.84. The van der Waals surface area contributed by atoms with E-state index in [1.807, 2.05) is 26.0 Å². The van der Waals surface area contributed by atoms with Gasteiger partial charge in [-0.05, 0) is 89.5 Å². The second kappa shape index (κ2) is 19.0. The fourth-order valence-electron chi connectivity index (χ4n) is 4.75. The van der Waals surface area contributed by atoms with Crippen molar-refractivity contribution in [2.24, 2.45) is 23.5 Å². The molecule has 0 aromatic heterocycles. The van der Waals surface area contributed by atoms with Gasteiger partial charge in [0.05, 0.1) is 18.1 Å². The molecule has 2 unspecified atom stereocenters. The number of carbonyl (C=O) groups excluding carboxylic acids is 2. The Morgan fingerprint density at radius 2 is 1.82 bits per heavy atom.